The minimum absolute atomic E-state index is 0.0748. The predicted octanol–water partition coefficient (Wildman–Crippen LogP) is 1.04. The van der Waals surface area contributed by atoms with Crippen molar-refractivity contribution in [2.75, 3.05) is 13.9 Å². The summed E-state index contributed by atoms with van der Waals surface area (Å²) in [6.45, 7) is 3.66. The summed E-state index contributed by atoms with van der Waals surface area (Å²) >= 11 is 0. The Morgan fingerprint density at radius 3 is 2.81 bits per heavy atom. The van der Waals surface area contributed by atoms with Crippen LogP contribution in [0.25, 0.3) is 0 Å². The largest absolute Gasteiger partial charge is 0.443 e. The molecule has 0 aromatic heterocycles. The highest BCUT2D eigenvalue weighted by Crippen LogP contribution is 2.12. The number of ether oxygens (including phenoxy) is 3. The molecule has 5 nitrogen and oxygen atoms in total. The zero-order valence-electron chi connectivity index (χ0n) is 9.35. The third kappa shape index (κ3) is 6.06. The fourth-order valence-electron chi connectivity index (χ4n) is 1.14. The van der Waals surface area contributed by atoms with Crippen molar-refractivity contribution in [2.45, 2.75) is 25.0 Å². The van der Waals surface area contributed by atoms with E-state index in [1.807, 2.05) is 0 Å². The van der Waals surface area contributed by atoms with Gasteiger partial charge in [-0.15, -0.1) is 18.9 Å². The van der Waals surface area contributed by atoms with Gasteiger partial charge < -0.3 is 19.9 Å². The molecule has 16 heavy (non-hydrogen) atoms. The lowest BCUT2D eigenvalue weighted by atomic mass is 10.1. The first kappa shape index (κ1) is 14.5. The number of hydrogen-bond donors (Lipinski definition) is 1. The van der Waals surface area contributed by atoms with Crippen LogP contribution in [0.2, 0.25) is 0 Å². The Kier molecular flexibility index (Phi) is 7.94. The second kappa shape index (κ2) is 8.77. The monoisotopic (exact) mass is 227 g/mol. The van der Waals surface area contributed by atoms with E-state index in [0.717, 1.165) is 0 Å². The molecule has 0 saturated carbocycles. The summed E-state index contributed by atoms with van der Waals surface area (Å²) < 4.78 is 14.9. The van der Waals surface area contributed by atoms with Crippen molar-refractivity contribution in [1.82, 2.24) is 0 Å². The van der Waals surface area contributed by atoms with E-state index >= 15 is 0 Å². The Morgan fingerprint density at radius 2 is 2.38 bits per heavy atom. The van der Waals surface area contributed by atoms with Crippen molar-refractivity contribution in [3.05, 3.63) is 12.7 Å². The Labute approximate surface area is 95.5 Å². The molecular formula is C11H17NO4. The Balaban J connectivity index is 4.36. The summed E-state index contributed by atoms with van der Waals surface area (Å²) in [4.78, 5) is 10.7. The van der Waals surface area contributed by atoms with E-state index in [4.69, 9.17) is 26.4 Å². The van der Waals surface area contributed by atoms with Crippen LogP contribution in [0, 0.1) is 12.3 Å². The zero-order valence-corrected chi connectivity index (χ0v) is 9.35. The minimum Gasteiger partial charge on any atom is -0.443 e. The summed E-state index contributed by atoms with van der Waals surface area (Å²) in [6, 6.07) is 0. The average Bonchev–Trinajstić information content (AvgIpc) is 2.25. The van der Waals surface area contributed by atoms with Gasteiger partial charge in [0.1, 0.15) is 19.0 Å². The highest BCUT2D eigenvalue weighted by Gasteiger charge is 2.22. The van der Waals surface area contributed by atoms with Crippen molar-refractivity contribution in [3.63, 3.8) is 0 Å². The van der Waals surface area contributed by atoms with Crippen LogP contribution in [0.3, 0.4) is 0 Å². The third-order valence-electron chi connectivity index (χ3n) is 1.82. The molecule has 0 aliphatic carbocycles. The maximum Gasteiger partial charge on any atom is 0.404 e. The van der Waals surface area contributed by atoms with Gasteiger partial charge in [0, 0.05) is 13.5 Å². The quantitative estimate of drug-likeness (QED) is 0.382. The smallest absolute Gasteiger partial charge is 0.404 e. The standard InChI is InChI=1S/C11H17NO4/c1-4-6-7-10(16-11(12)13)9(5-2)15-8-14-3/h1,5,9-10H,2,6-8H2,3H3,(H2,12,13)/t9-,10-/m0/s1. The fourth-order valence-corrected chi connectivity index (χ4v) is 1.14. The van der Waals surface area contributed by atoms with Gasteiger partial charge in [0.05, 0.1) is 0 Å². The number of rotatable bonds is 8. The number of amides is 1. The van der Waals surface area contributed by atoms with E-state index in [-0.39, 0.29) is 6.79 Å². The van der Waals surface area contributed by atoms with E-state index < -0.39 is 18.3 Å². The van der Waals surface area contributed by atoms with Crippen LogP contribution in [-0.4, -0.2) is 32.2 Å². The van der Waals surface area contributed by atoms with Crippen LogP contribution in [0.1, 0.15) is 12.8 Å². The van der Waals surface area contributed by atoms with Gasteiger partial charge in [-0.2, -0.15) is 0 Å². The van der Waals surface area contributed by atoms with Crippen LogP contribution in [-0.2, 0) is 14.2 Å². The summed E-state index contributed by atoms with van der Waals surface area (Å²) in [7, 11) is 1.49. The SMILES string of the molecule is C#CCC[C@H](OC(N)=O)[C@H](C=C)OCOC. The Bertz CT molecular complexity index is 259. The van der Waals surface area contributed by atoms with E-state index in [2.05, 4.69) is 12.5 Å². The Hall–Kier alpha value is -1.51. The molecule has 0 unspecified atom stereocenters. The number of primary amides is 1. The molecule has 90 valence electrons. The van der Waals surface area contributed by atoms with Crippen LogP contribution in [0.15, 0.2) is 12.7 Å². The number of carbonyl (C=O) groups excluding carboxylic acids is 1. The number of hydrogen-bond acceptors (Lipinski definition) is 4. The molecule has 0 rings (SSSR count). The summed E-state index contributed by atoms with van der Waals surface area (Å²) in [5.74, 6) is 2.45. The highest BCUT2D eigenvalue weighted by atomic mass is 16.7. The van der Waals surface area contributed by atoms with Gasteiger partial charge in [0.25, 0.3) is 0 Å². The normalized spacial score (nSPS) is 13.5. The van der Waals surface area contributed by atoms with Crippen LogP contribution < -0.4 is 5.73 Å². The summed E-state index contributed by atoms with van der Waals surface area (Å²) in [6.07, 6.45) is 5.68. The molecule has 2 N–H and O–H groups in total. The van der Waals surface area contributed by atoms with Crippen molar-refractivity contribution < 1.29 is 19.0 Å². The first-order valence-corrected chi connectivity index (χ1v) is 4.78. The van der Waals surface area contributed by atoms with Crippen LogP contribution in [0.4, 0.5) is 4.79 Å². The molecular weight excluding hydrogens is 210 g/mol. The highest BCUT2D eigenvalue weighted by molar-refractivity contribution is 5.64. The van der Waals surface area contributed by atoms with E-state index in [1.165, 1.54) is 13.2 Å². The number of methoxy groups -OCH3 is 1. The molecule has 0 spiro atoms. The number of nitrogens with two attached hydrogens (primary N) is 1. The van der Waals surface area contributed by atoms with Crippen molar-refractivity contribution in [1.29, 1.82) is 0 Å². The van der Waals surface area contributed by atoms with Crippen LogP contribution >= 0.6 is 0 Å². The van der Waals surface area contributed by atoms with Crippen LogP contribution in [0.5, 0.6) is 0 Å². The average molecular weight is 227 g/mol. The molecule has 5 heteroatoms. The molecule has 0 bridgehead atoms. The first-order valence-electron chi connectivity index (χ1n) is 4.78. The van der Waals surface area contributed by atoms with Gasteiger partial charge in [0.15, 0.2) is 0 Å². The van der Waals surface area contributed by atoms with Crippen molar-refractivity contribution in [2.24, 2.45) is 5.73 Å². The lowest BCUT2D eigenvalue weighted by Crippen LogP contribution is -2.34. The van der Waals surface area contributed by atoms with Gasteiger partial charge >= 0.3 is 6.09 Å². The summed E-state index contributed by atoms with van der Waals surface area (Å²) in [5.41, 5.74) is 4.95. The molecule has 0 aromatic carbocycles. The van der Waals surface area contributed by atoms with E-state index in [0.29, 0.717) is 12.8 Å². The van der Waals surface area contributed by atoms with Gasteiger partial charge in [-0.3, -0.25) is 0 Å². The Morgan fingerprint density at radius 1 is 1.69 bits per heavy atom. The zero-order chi connectivity index (χ0) is 12.4. The second-order valence-corrected chi connectivity index (χ2v) is 2.99. The summed E-state index contributed by atoms with van der Waals surface area (Å²) in [5, 5.41) is 0. The lowest BCUT2D eigenvalue weighted by molar-refractivity contribution is -0.0950. The molecule has 2 atom stereocenters. The second-order valence-electron chi connectivity index (χ2n) is 2.99. The van der Waals surface area contributed by atoms with Crippen molar-refractivity contribution >= 4 is 6.09 Å². The number of terminal acetylenes is 1. The molecule has 0 saturated heterocycles. The third-order valence-corrected chi connectivity index (χ3v) is 1.82. The first-order chi connectivity index (χ1) is 7.65. The molecule has 0 heterocycles. The maximum atomic E-state index is 10.7. The molecule has 0 fully saturated rings. The molecule has 0 aliphatic rings. The molecule has 0 aliphatic heterocycles. The molecule has 1 amide bonds. The van der Waals surface area contributed by atoms with Gasteiger partial charge in [-0.1, -0.05) is 6.08 Å². The molecule has 0 radical (unpaired) electrons. The van der Waals surface area contributed by atoms with Crippen molar-refractivity contribution in [3.8, 4) is 12.3 Å². The molecule has 0 aromatic rings. The van der Waals surface area contributed by atoms with Gasteiger partial charge in [-0.25, -0.2) is 4.79 Å². The van der Waals surface area contributed by atoms with E-state index in [1.54, 1.807) is 0 Å². The fraction of sp³-hybridized carbons (Fsp3) is 0.545. The lowest BCUT2D eigenvalue weighted by Gasteiger charge is -2.23. The maximum absolute atomic E-state index is 10.7. The van der Waals surface area contributed by atoms with E-state index in [9.17, 15) is 4.79 Å². The minimum atomic E-state index is -0.866. The topological polar surface area (TPSA) is 70.8 Å². The van der Waals surface area contributed by atoms with Gasteiger partial charge in [0.2, 0.25) is 0 Å². The van der Waals surface area contributed by atoms with Gasteiger partial charge in [-0.05, 0) is 6.42 Å². The predicted molar refractivity (Wildman–Crippen MR) is 59.5 cm³/mol. The number of carbonyl (C=O) groups is 1.